The number of nitrogens with one attached hydrogen (secondary N) is 1. The van der Waals surface area contributed by atoms with Gasteiger partial charge in [-0.1, -0.05) is 17.7 Å². The van der Waals surface area contributed by atoms with Crippen LogP contribution in [0.5, 0.6) is 0 Å². The molecule has 112 valence electrons. The van der Waals surface area contributed by atoms with Gasteiger partial charge < -0.3 is 9.88 Å². The highest BCUT2D eigenvalue weighted by atomic mass is 35.5. The van der Waals surface area contributed by atoms with Gasteiger partial charge in [0, 0.05) is 31.3 Å². The zero-order valence-corrected chi connectivity index (χ0v) is 13.1. The molecule has 1 aliphatic rings. The Balaban J connectivity index is 1.82. The van der Waals surface area contributed by atoms with E-state index in [0.717, 1.165) is 29.7 Å². The van der Waals surface area contributed by atoms with Crippen molar-refractivity contribution in [2.75, 3.05) is 5.88 Å². The summed E-state index contributed by atoms with van der Waals surface area (Å²) in [5, 5.41) is 3.63. The summed E-state index contributed by atoms with van der Waals surface area (Å²) in [4.78, 5) is 16.4. The molecule has 1 N–H and O–H groups in total. The molecule has 0 radical (unpaired) electrons. The van der Waals surface area contributed by atoms with Crippen LogP contribution in [-0.2, 0) is 17.8 Å². The van der Waals surface area contributed by atoms with Crippen LogP contribution in [0.1, 0.15) is 25.1 Å². The van der Waals surface area contributed by atoms with E-state index in [9.17, 15) is 4.79 Å². The number of rotatable bonds is 6. The number of aryl methyl sites for hydroxylation is 2. The van der Waals surface area contributed by atoms with Crippen molar-refractivity contribution in [3.05, 3.63) is 29.0 Å². The molecule has 4 nitrogen and oxygen atoms in total. The van der Waals surface area contributed by atoms with Crippen LogP contribution in [0.15, 0.2) is 18.2 Å². The molecule has 0 unspecified atom stereocenters. The Labute approximate surface area is 133 Å². The van der Waals surface area contributed by atoms with E-state index in [-0.39, 0.29) is 5.91 Å². The molecule has 1 heterocycles. The molecular weight excluding hydrogens is 309 g/mol. The molecule has 1 saturated carbocycles. The van der Waals surface area contributed by atoms with Gasteiger partial charge >= 0.3 is 0 Å². The fourth-order valence-electron chi connectivity index (χ4n) is 2.43. The topological polar surface area (TPSA) is 46.9 Å². The average Bonchev–Trinajstić information content (AvgIpc) is 3.19. The normalized spacial score (nSPS) is 14.6. The Morgan fingerprint density at radius 2 is 2.24 bits per heavy atom. The highest BCUT2D eigenvalue weighted by Gasteiger charge is 2.23. The number of amides is 1. The van der Waals surface area contributed by atoms with Gasteiger partial charge in [0.1, 0.15) is 11.3 Å². The maximum Gasteiger partial charge on any atom is 0.222 e. The first kappa shape index (κ1) is 14.7. The lowest BCUT2D eigenvalue weighted by atomic mass is 10.3. The Bertz CT molecular complexity index is 664. The van der Waals surface area contributed by atoms with E-state index >= 15 is 0 Å². The number of halogens is 2. The quantitative estimate of drug-likeness (QED) is 0.829. The molecule has 1 amide bonds. The summed E-state index contributed by atoms with van der Waals surface area (Å²) in [5.74, 6) is 1.47. The van der Waals surface area contributed by atoms with Gasteiger partial charge in [0.05, 0.1) is 10.5 Å². The minimum Gasteiger partial charge on any atom is -0.353 e. The predicted octanol–water partition coefficient (Wildman–Crippen LogP) is 3.14. The predicted molar refractivity (Wildman–Crippen MR) is 84.9 cm³/mol. The lowest BCUT2D eigenvalue weighted by Crippen LogP contribution is -2.26. The van der Waals surface area contributed by atoms with E-state index in [1.54, 1.807) is 0 Å². The zero-order chi connectivity index (χ0) is 14.8. The van der Waals surface area contributed by atoms with Gasteiger partial charge in [-0.2, -0.15) is 0 Å². The third-order valence-corrected chi connectivity index (χ3v) is 4.13. The molecule has 21 heavy (non-hydrogen) atoms. The first-order chi connectivity index (χ1) is 10.2. The van der Waals surface area contributed by atoms with Crippen molar-refractivity contribution in [1.29, 1.82) is 0 Å². The summed E-state index contributed by atoms with van der Waals surface area (Å²) in [6, 6.07) is 6.10. The van der Waals surface area contributed by atoms with Crippen LogP contribution in [-0.4, -0.2) is 27.4 Å². The summed E-state index contributed by atoms with van der Waals surface area (Å²) in [6.45, 7) is 0.599. The van der Waals surface area contributed by atoms with Crippen LogP contribution < -0.4 is 5.32 Å². The average molecular weight is 326 g/mol. The molecule has 1 aromatic carbocycles. The van der Waals surface area contributed by atoms with Gasteiger partial charge in [-0.25, -0.2) is 4.98 Å². The first-order valence-electron chi connectivity index (χ1n) is 7.18. The second kappa shape index (κ2) is 6.24. The molecule has 0 saturated heterocycles. The summed E-state index contributed by atoms with van der Waals surface area (Å²) in [6.07, 6.45) is 3.32. The smallest absolute Gasteiger partial charge is 0.222 e. The number of hydrogen-bond acceptors (Lipinski definition) is 2. The molecule has 1 aliphatic carbocycles. The second-order valence-corrected chi connectivity index (χ2v) is 6.10. The lowest BCUT2D eigenvalue weighted by molar-refractivity contribution is -0.121. The van der Waals surface area contributed by atoms with Crippen molar-refractivity contribution in [1.82, 2.24) is 14.9 Å². The van der Waals surface area contributed by atoms with Crippen molar-refractivity contribution in [2.24, 2.45) is 0 Å². The van der Waals surface area contributed by atoms with Gasteiger partial charge in [-0.3, -0.25) is 4.79 Å². The Morgan fingerprint density at radius 1 is 1.43 bits per heavy atom. The number of benzene rings is 1. The molecular formula is C15H17Cl2N3O. The molecule has 2 aromatic rings. The van der Waals surface area contributed by atoms with Gasteiger partial charge in [-0.05, 0) is 25.0 Å². The number of carbonyl (C=O) groups excluding carboxylic acids is 1. The number of nitrogens with zero attached hydrogens (tertiary/aromatic N) is 2. The van der Waals surface area contributed by atoms with E-state index in [1.807, 2.05) is 18.2 Å². The van der Waals surface area contributed by atoms with E-state index in [4.69, 9.17) is 23.2 Å². The van der Waals surface area contributed by atoms with E-state index in [1.165, 1.54) is 0 Å². The number of imidazole rings is 1. The van der Waals surface area contributed by atoms with Crippen LogP contribution in [0.3, 0.4) is 0 Å². The van der Waals surface area contributed by atoms with E-state index in [2.05, 4.69) is 14.9 Å². The van der Waals surface area contributed by atoms with Gasteiger partial charge in [-0.15, -0.1) is 11.6 Å². The first-order valence-corrected chi connectivity index (χ1v) is 8.09. The van der Waals surface area contributed by atoms with Gasteiger partial charge in [0.2, 0.25) is 5.91 Å². The fraction of sp³-hybridized carbons (Fsp3) is 0.467. The number of carbonyl (C=O) groups is 1. The fourth-order valence-corrected chi connectivity index (χ4v) is 2.81. The maximum absolute atomic E-state index is 11.9. The monoisotopic (exact) mass is 325 g/mol. The lowest BCUT2D eigenvalue weighted by Gasteiger charge is -2.09. The van der Waals surface area contributed by atoms with Crippen molar-refractivity contribution in [3.8, 4) is 0 Å². The molecule has 1 aromatic heterocycles. The van der Waals surface area contributed by atoms with Crippen LogP contribution in [0.4, 0.5) is 0 Å². The number of para-hydroxylation sites is 1. The molecule has 0 spiro atoms. The SMILES string of the molecule is O=C(CCn1c(CCCl)nc2c(Cl)cccc21)NC1CC1. The summed E-state index contributed by atoms with van der Waals surface area (Å²) in [7, 11) is 0. The number of aromatic nitrogens is 2. The Morgan fingerprint density at radius 3 is 2.95 bits per heavy atom. The zero-order valence-electron chi connectivity index (χ0n) is 11.6. The van der Waals surface area contributed by atoms with Crippen LogP contribution >= 0.6 is 23.2 Å². The molecule has 0 bridgehead atoms. The number of alkyl halides is 1. The van der Waals surface area contributed by atoms with Crippen LogP contribution in [0.25, 0.3) is 11.0 Å². The molecule has 0 atom stereocenters. The van der Waals surface area contributed by atoms with E-state index < -0.39 is 0 Å². The Hall–Kier alpha value is -1.26. The minimum absolute atomic E-state index is 0.0956. The summed E-state index contributed by atoms with van der Waals surface area (Å²) in [5.41, 5.74) is 1.74. The number of fused-ring (bicyclic) bond motifs is 1. The summed E-state index contributed by atoms with van der Waals surface area (Å²) >= 11 is 12.0. The van der Waals surface area contributed by atoms with Crippen LogP contribution in [0.2, 0.25) is 5.02 Å². The second-order valence-electron chi connectivity index (χ2n) is 5.32. The highest BCUT2D eigenvalue weighted by molar-refractivity contribution is 6.34. The van der Waals surface area contributed by atoms with Crippen molar-refractivity contribution in [3.63, 3.8) is 0 Å². The molecule has 3 rings (SSSR count). The number of hydrogen-bond donors (Lipinski definition) is 1. The van der Waals surface area contributed by atoms with Gasteiger partial charge in [0.25, 0.3) is 0 Å². The van der Waals surface area contributed by atoms with Crippen LogP contribution in [0, 0.1) is 0 Å². The van der Waals surface area contributed by atoms with Crippen molar-refractivity contribution < 1.29 is 4.79 Å². The standard InChI is InChI=1S/C15H17Cl2N3O/c16-8-6-13-19-15-11(17)2-1-3-12(15)20(13)9-7-14(21)18-10-4-5-10/h1-3,10H,4-9H2,(H,18,21). The summed E-state index contributed by atoms with van der Waals surface area (Å²) < 4.78 is 2.05. The largest absolute Gasteiger partial charge is 0.353 e. The highest BCUT2D eigenvalue weighted by Crippen LogP contribution is 2.25. The Kier molecular flexibility index (Phi) is 4.36. The van der Waals surface area contributed by atoms with Gasteiger partial charge in [0.15, 0.2) is 0 Å². The third kappa shape index (κ3) is 3.33. The van der Waals surface area contributed by atoms with Crippen molar-refractivity contribution in [2.45, 2.75) is 38.3 Å². The molecule has 1 fully saturated rings. The third-order valence-electron chi connectivity index (χ3n) is 3.63. The van der Waals surface area contributed by atoms with Crippen molar-refractivity contribution >= 4 is 40.1 Å². The maximum atomic E-state index is 11.9. The molecule has 0 aliphatic heterocycles. The molecule has 6 heteroatoms. The minimum atomic E-state index is 0.0956. The van der Waals surface area contributed by atoms with E-state index in [0.29, 0.717) is 36.3 Å².